The lowest BCUT2D eigenvalue weighted by molar-refractivity contribution is -0.384. The van der Waals surface area contributed by atoms with Crippen LogP contribution in [-0.4, -0.2) is 22.4 Å². The van der Waals surface area contributed by atoms with E-state index in [-0.39, 0.29) is 11.6 Å². The second-order valence-corrected chi connectivity index (χ2v) is 5.82. The van der Waals surface area contributed by atoms with E-state index < -0.39 is 10.8 Å². The smallest absolute Gasteiger partial charge is 0.271 e. The van der Waals surface area contributed by atoms with Crippen LogP contribution in [0, 0.1) is 10.1 Å². The highest BCUT2D eigenvalue weighted by Gasteiger charge is 2.09. The third-order valence-corrected chi connectivity index (χ3v) is 3.71. The van der Waals surface area contributed by atoms with Crippen molar-refractivity contribution in [3.05, 3.63) is 69.8 Å². The molecule has 0 aliphatic rings. The molecule has 0 aromatic heterocycles. The SMILES string of the molecule is CCCC(=O)Nc1ccc(C(=O)N/N=C(\C)c2cccc([N+](=O)[O-])c2)cc1. The van der Waals surface area contributed by atoms with E-state index >= 15 is 0 Å². The molecule has 2 amide bonds. The van der Waals surface area contributed by atoms with Crippen LogP contribution in [0.15, 0.2) is 53.6 Å². The van der Waals surface area contributed by atoms with Crippen LogP contribution >= 0.6 is 0 Å². The monoisotopic (exact) mass is 368 g/mol. The van der Waals surface area contributed by atoms with E-state index in [0.717, 1.165) is 6.42 Å². The summed E-state index contributed by atoms with van der Waals surface area (Å²) in [6.45, 7) is 3.56. The number of nitrogens with zero attached hydrogens (tertiary/aromatic N) is 2. The first kappa shape index (κ1) is 19.8. The van der Waals surface area contributed by atoms with Crippen LogP contribution in [-0.2, 0) is 4.79 Å². The number of nitro groups is 1. The van der Waals surface area contributed by atoms with Crippen molar-refractivity contribution in [2.45, 2.75) is 26.7 Å². The fraction of sp³-hybridized carbons (Fsp3) is 0.211. The maximum Gasteiger partial charge on any atom is 0.271 e. The van der Waals surface area contributed by atoms with Crippen LogP contribution in [0.25, 0.3) is 0 Å². The summed E-state index contributed by atoms with van der Waals surface area (Å²) in [7, 11) is 0. The standard InChI is InChI=1S/C19H20N4O4/c1-3-5-18(24)20-16-10-8-14(9-11-16)19(25)22-21-13(2)15-6-4-7-17(12-15)23(26)27/h4,6-12H,3,5H2,1-2H3,(H,20,24)(H,22,25)/b21-13+. The zero-order valence-corrected chi connectivity index (χ0v) is 15.1. The number of nitro benzene ring substituents is 1. The quantitative estimate of drug-likeness (QED) is 0.442. The van der Waals surface area contributed by atoms with Crippen molar-refractivity contribution in [1.29, 1.82) is 0 Å². The highest BCUT2D eigenvalue weighted by Crippen LogP contribution is 2.14. The van der Waals surface area contributed by atoms with Gasteiger partial charge in [0.15, 0.2) is 0 Å². The largest absolute Gasteiger partial charge is 0.326 e. The predicted molar refractivity (Wildman–Crippen MR) is 103 cm³/mol. The highest BCUT2D eigenvalue weighted by molar-refractivity contribution is 6.01. The Balaban J connectivity index is 2.02. The second kappa shape index (κ2) is 9.23. The van der Waals surface area contributed by atoms with E-state index in [1.54, 1.807) is 43.3 Å². The first-order valence-electron chi connectivity index (χ1n) is 8.40. The Morgan fingerprint density at radius 3 is 2.44 bits per heavy atom. The zero-order valence-electron chi connectivity index (χ0n) is 15.1. The Hall–Kier alpha value is -3.55. The molecule has 2 aromatic carbocycles. The van der Waals surface area contributed by atoms with E-state index in [1.807, 2.05) is 6.92 Å². The number of carbonyl (C=O) groups excluding carboxylic acids is 2. The lowest BCUT2D eigenvalue weighted by Crippen LogP contribution is -2.19. The predicted octanol–water partition coefficient (Wildman–Crippen LogP) is 3.49. The van der Waals surface area contributed by atoms with Crippen molar-refractivity contribution in [3.8, 4) is 0 Å². The summed E-state index contributed by atoms with van der Waals surface area (Å²) in [6.07, 6.45) is 1.20. The molecule has 8 nitrogen and oxygen atoms in total. The molecule has 2 rings (SSSR count). The molecular weight excluding hydrogens is 348 g/mol. The summed E-state index contributed by atoms with van der Waals surface area (Å²) in [5.41, 5.74) is 4.34. The Morgan fingerprint density at radius 2 is 1.81 bits per heavy atom. The Kier molecular flexibility index (Phi) is 6.76. The van der Waals surface area contributed by atoms with Crippen LogP contribution in [0.2, 0.25) is 0 Å². The second-order valence-electron chi connectivity index (χ2n) is 5.82. The minimum atomic E-state index is -0.490. The summed E-state index contributed by atoms with van der Waals surface area (Å²) < 4.78 is 0. The third-order valence-electron chi connectivity index (χ3n) is 3.71. The molecule has 0 unspecified atom stereocenters. The van der Waals surface area contributed by atoms with E-state index in [1.165, 1.54) is 12.1 Å². The average Bonchev–Trinajstić information content (AvgIpc) is 2.66. The number of carbonyl (C=O) groups is 2. The van der Waals surface area contributed by atoms with Crippen molar-refractivity contribution in [2.75, 3.05) is 5.32 Å². The van der Waals surface area contributed by atoms with Crippen molar-refractivity contribution >= 4 is 28.9 Å². The van der Waals surface area contributed by atoms with E-state index in [0.29, 0.717) is 28.9 Å². The van der Waals surface area contributed by atoms with Gasteiger partial charge in [-0.25, -0.2) is 5.43 Å². The van der Waals surface area contributed by atoms with Gasteiger partial charge >= 0.3 is 0 Å². The van der Waals surface area contributed by atoms with Crippen LogP contribution < -0.4 is 10.7 Å². The van der Waals surface area contributed by atoms with E-state index in [4.69, 9.17) is 0 Å². The summed E-state index contributed by atoms with van der Waals surface area (Å²) in [5.74, 6) is -0.502. The fourth-order valence-corrected chi connectivity index (χ4v) is 2.26. The number of nitrogens with one attached hydrogen (secondary N) is 2. The van der Waals surface area contributed by atoms with Crippen molar-refractivity contribution in [2.24, 2.45) is 5.10 Å². The van der Waals surface area contributed by atoms with Gasteiger partial charge in [0.2, 0.25) is 5.91 Å². The summed E-state index contributed by atoms with van der Waals surface area (Å²) >= 11 is 0. The van der Waals surface area contributed by atoms with Gasteiger partial charge in [-0.1, -0.05) is 19.1 Å². The van der Waals surface area contributed by atoms with E-state index in [2.05, 4.69) is 15.8 Å². The molecule has 0 bridgehead atoms. The number of hydrogen-bond donors (Lipinski definition) is 2. The third kappa shape index (κ3) is 5.74. The number of rotatable bonds is 7. The van der Waals surface area contributed by atoms with Crippen molar-refractivity contribution in [3.63, 3.8) is 0 Å². The number of benzene rings is 2. The molecule has 27 heavy (non-hydrogen) atoms. The molecule has 140 valence electrons. The maximum atomic E-state index is 12.2. The summed E-state index contributed by atoms with van der Waals surface area (Å²) in [5, 5.41) is 17.6. The first-order chi connectivity index (χ1) is 12.9. The Bertz CT molecular complexity index is 876. The first-order valence-corrected chi connectivity index (χ1v) is 8.40. The molecule has 0 aliphatic carbocycles. The van der Waals surface area contributed by atoms with Gasteiger partial charge in [0.05, 0.1) is 10.6 Å². The molecule has 0 atom stereocenters. The summed E-state index contributed by atoms with van der Waals surface area (Å²) in [4.78, 5) is 34.1. The van der Waals surface area contributed by atoms with Gasteiger partial charge in [-0.05, 0) is 37.6 Å². The van der Waals surface area contributed by atoms with Gasteiger partial charge in [0, 0.05) is 35.4 Å². The van der Waals surface area contributed by atoms with Gasteiger partial charge < -0.3 is 5.32 Å². The number of non-ortho nitro benzene ring substituents is 1. The average molecular weight is 368 g/mol. The molecule has 8 heteroatoms. The topological polar surface area (TPSA) is 114 Å². The van der Waals surface area contributed by atoms with Crippen LogP contribution in [0.1, 0.15) is 42.6 Å². The summed E-state index contributed by atoms with van der Waals surface area (Å²) in [6, 6.07) is 12.4. The van der Waals surface area contributed by atoms with Gasteiger partial charge in [-0.3, -0.25) is 19.7 Å². The van der Waals surface area contributed by atoms with Crippen molar-refractivity contribution < 1.29 is 14.5 Å². The molecule has 0 saturated carbocycles. The number of hydrazone groups is 1. The minimum Gasteiger partial charge on any atom is -0.326 e. The highest BCUT2D eigenvalue weighted by atomic mass is 16.6. The van der Waals surface area contributed by atoms with Gasteiger partial charge in [-0.15, -0.1) is 0 Å². The molecule has 2 N–H and O–H groups in total. The lowest BCUT2D eigenvalue weighted by Gasteiger charge is -2.06. The lowest BCUT2D eigenvalue weighted by atomic mass is 10.1. The van der Waals surface area contributed by atoms with Crippen molar-refractivity contribution in [1.82, 2.24) is 5.43 Å². The van der Waals surface area contributed by atoms with Gasteiger partial charge in [-0.2, -0.15) is 5.10 Å². The van der Waals surface area contributed by atoms with E-state index in [9.17, 15) is 19.7 Å². The van der Waals surface area contributed by atoms with Crippen LogP contribution in [0.4, 0.5) is 11.4 Å². The molecule has 0 radical (unpaired) electrons. The normalized spacial score (nSPS) is 11.0. The fourth-order valence-electron chi connectivity index (χ4n) is 2.26. The molecular formula is C19H20N4O4. The maximum absolute atomic E-state index is 12.2. The molecule has 0 spiro atoms. The number of hydrogen-bond acceptors (Lipinski definition) is 5. The Morgan fingerprint density at radius 1 is 1.11 bits per heavy atom. The Labute approximate surface area is 156 Å². The molecule has 0 aliphatic heterocycles. The minimum absolute atomic E-state index is 0.0471. The van der Waals surface area contributed by atoms with Crippen LogP contribution in [0.5, 0.6) is 0 Å². The van der Waals surface area contributed by atoms with Crippen LogP contribution in [0.3, 0.4) is 0 Å². The number of amides is 2. The number of anilines is 1. The molecule has 0 saturated heterocycles. The zero-order chi connectivity index (χ0) is 19.8. The molecule has 0 fully saturated rings. The molecule has 2 aromatic rings. The van der Waals surface area contributed by atoms with Gasteiger partial charge in [0.25, 0.3) is 11.6 Å². The molecule has 0 heterocycles. The van der Waals surface area contributed by atoms with Gasteiger partial charge in [0.1, 0.15) is 0 Å².